The number of rotatable bonds is 3. The van der Waals surface area contributed by atoms with Crippen LogP contribution in [-0.2, 0) is 0 Å². The van der Waals surface area contributed by atoms with Crippen LogP contribution in [0.25, 0.3) is 10.8 Å². The molecule has 0 bridgehead atoms. The summed E-state index contributed by atoms with van der Waals surface area (Å²) in [5.74, 6) is -4.88. The van der Waals surface area contributed by atoms with Gasteiger partial charge in [0.05, 0.1) is 0 Å². The third kappa shape index (κ3) is 2.76. The van der Waals surface area contributed by atoms with E-state index >= 15 is 0 Å². The van der Waals surface area contributed by atoms with Gasteiger partial charge in [0.25, 0.3) is 0 Å². The predicted molar refractivity (Wildman–Crippen MR) is 74.5 cm³/mol. The first-order chi connectivity index (χ1) is 9.70. The first-order valence-electron chi connectivity index (χ1n) is 5.99. The van der Waals surface area contributed by atoms with Crippen LogP contribution in [0.1, 0.15) is 11.6 Å². The molecule has 2 aromatic rings. The molecule has 0 aromatic heterocycles. The van der Waals surface area contributed by atoms with Gasteiger partial charge in [-0.1, -0.05) is 46.3 Å². The summed E-state index contributed by atoms with van der Waals surface area (Å²) in [6.07, 6.45) is -5.63. The summed E-state index contributed by atoms with van der Waals surface area (Å²) < 4.78 is 66.0. The van der Waals surface area contributed by atoms with E-state index in [0.717, 1.165) is 7.05 Å². The van der Waals surface area contributed by atoms with Crippen LogP contribution < -0.4 is 5.32 Å². The Bertz CT molecular complexity index is 653. The zero-order chi connectivity index (χ0) is 15.8. The van der Waals surface area contributed by atoms with Gasteiger partial charge in [0, 0.05) is 4.47 Å². The van der Waals surface area contributed by atoms with Crippen molar-refractivity contribution in [2.45, 2.75) is 18.1 Å². The summed E-state index contributed by atoms with van der Waals surface area (Å²) in [5, 5.41) is 3.01. The van der Waals surface area contributed by atoms with Gasteiger partial charge < -0.3 is 5.32 Å². The largest absolute Gasteiger partial charge is 0.455 e. The number of alkyl halides is 5. The highest BCUT2D eigenvalue weighted by atomic mass is 79.9. The summed E-state index contributed by atoms with van der Waals surface area (Å²) in [6.45, 7) is 0. The first kappa shape index (κ1) is 16.2. The van der Waals surface area contributed by atoms with Crippen molar-refractivity contribution >= 4 is 26.7 Å². The molecule has 1 nitrogen and oxygen atoms in total. The van der Waals surface area contributed by atoms with Gasteiger partial charge in [-0.05, 0) is 29.4 Å². The van der Waals surface area contributed by atoms with E-state index in [2.05, 4.69) is 21.2 Å². The van der Waals surface area contributed by atoms with Crippen molar-refractivity contribution in [3.05, 3.63) is 46.4 Å². The maximum atomic E-state index is 13.7. The molecule has 0 saturated heterocycles. The standard InChI is InChI=1S/C14H11BrF5N/c1-21-12(13(16,17)14(18,19)20)10-6-7-11(15)9-5-3-2-4-8(9)10/h2-7,12,21H,1H3. The van der Waals surface area contributed by atoms with Gasteiger partial charge in [-0.2, -0.15) is 22.0 Å². The van der Waals surface area contributed by atoms with Crippen LogP contribution in [0.5, 0.6) is 0 Å². The lowest BCUT2D eigenvalue weighted by Gasteiger charge is -2.29. The number of hydrogen-bond donors (Lipinski definition) is 1. The van der Waals surface area contributed by atoms with Crippen LogP contribution >= 0.6 is 15.9 Å². The maximum Gasteiger partial charge on any atom is 0.455 e. The molecule has 1 unspecified atom stereocenters. The number of fused-ring (bicyclic) bond motifs is 1. The molecule has 21 heavy (non-hydrogen) atoms. The predicted octanol–water partition coefficient (Wildman–Crippen LogP) is 5.06. The van der Waals surface area contributed by atoms with Crippen molar-refractivity contribution in [3.8, 4) is 0 Å². The van der Waals surface area contributed by atoms with Gasteiger partial charge in [0.2, 0.25) is 0 Å². The number of nitrogens with one attached hydrogen (secondary N) is 1. The summed E-state index contributed by atoms with van der Waals surface area (Å²) in [4.78, 5) is 0. The Balaban J connectivity index is 2.67. The SMILES string of the molecule is CNC(c1ccc(Br)c2ccccc12)C(F)(F)C(F)(F)F. The van der Waals surface area contributed by atoms with E-state index < -0.39 is 18.1 Å². The van der Waals surface area contributed by atoms with Crippen molar-refractivity contribution in [3.63, 3.8) is 0 Å². The van der Waals surface area contributed by atoms with Crippen LogP contribution in [0.2, 0.25) is 0 Å². The molecule has 0 amide bonds. The van der Waals surface area contributed by atoms with E-state index in [1.54, 1.807) is 18.2 Å². The number of halogens is 6. The smallest absolute Gasteiger partial charge is 0.308 e. The zero-order valence-electron chi connectivity index (χ0n) is 10.8. The molecule has 7 heteroatoms. The highest BCUT2D eigenvalue weighted by Gasteiger charge is 2.62. The number of hydrogen-bond acceptors (Lipinski definition) is 1. The van der Waals surface area contributed by atoms with Gasteiger partial charge in [-0.25, -0.2) is 0 Å². The molecular formula is C14H11BrF5N. The fourth-order valence-corrected chi connectivity index (χ4v) is 2.71. The quantitative estimate of drug-likeness (QED) is 0.747. The molecule has 1 atom stereocenters. The van der Waals surface area contributed by atoms with Crippen LogP contribution in [0.4, 0.5) is 22.0 Å². The van der Waals surface area contributed by atoms with E-state index in [4.69, 9.17) is 0 Å². The Kier molecular flexibility index (Phi) is 4.26. The van der Waals surface area contributed by atoms with E-state index in [0.29, 0.717) is 15.2 Å². The molecule has 0 aliphatic carbocycles. The van der Waals surface area contributed by atoms with Crippen LogP contribution in [0.3, 0.4) is 0 Å². The Labute approximate surface area is 126 Å². The average molecular weight is 368 g/mol. The lowest BCUT2D eigenvalue weighted by molar-refractivity contribution is -0.293. The van der Waals surface area contributed by atoms with Crippen LogP contribution in [0, 0.1) is 0 Å². The molecule has 0 fully saturated rings. The minimum absolute atomic E-state index is 0.0985. The van der Waals surface area contributed by atoms with Crippen molar-refractivity contribution in [2.24, 2.45) is 0 Å². The van der Waals surface area contributed by atoms with Crippen molar-refractivity contribution in [1.29, 1.82) is 0 Å². The minimum Gasteiger partial charge on any atom is -0.308 e. The second kappa shape index (κ2) is 5.53. The van der Waals surface area contributed by atoms with Gasteiger partial charge in [-0.15, -0.1) is 0 Å². The Morgan fingerprint density at radius 1 is 0.952 bits per heavy atom. The molecule has 0 aliphatic heterocycles. The fourth-order valence-electron chi connectivity index (χ4n) is 2.23. The van der Waals surface area contributed by atoms with Crippen LogP contribution in [0.15, 0.2) is 40.9 Å². The number of benzene rings is 2. The molecule has 0 radical (unpaired) electrons. The molecular weight excluding hydrogens is 357 g/mol. The van der Waals surface area contributed by atoms with Gasteiger partial charge in [0.15, 0.2) is 0 Å². The summed E-state index contributed by atoms with van der Waals surface area (Å²) in [7, 11) is 1.08. The normalized spacial score (nSPS) is 14.4. The third-order valence-corrected chi connectivity index (χ3v) is 3.94. The highest BCUT2D eigenvalue weighted by molar-refractivity contribution is 9.10. The lowest BCUT2D eigenvalue weighted by atomic mass is 9.94. The van der Waals surface area contributed by atoms with E-state index in [1.165, 1.54) is 18.2 Å². The maximum absolute atomic E-state index is 13.7. The average Bonchev–Trinajstić information content (AvgIpc) is 2.41. The van der Waals surface area contributed by atoms with E-state index in [-0.39, 0.29) is 5.56 Å². The molecule has 2 rings (SSSR count). The minimum atomic E-state index is -5.63. The zero-order valence-corrected chi connectivity index (χ0v) is 12.4. The molecule has 2 aromatic carbocycles. The van der Waals surface area contributed by atoms with E-state index in [9.17, 15) is 22.0 Å². The molecule has 0 aliphatic rings. The lowest BCUT2D eigenvalue weighted by Crippen LogP contribution is -2.47. The van der Waals surface area contributed by atoms with Crippen molar-refractivity contribution < 1.29 is 22.0 Å². The Hall–Kier alpha value is -1.21. The first-order valence-corrected chi connectivity index (χ1v) is 6.78. The fraction of sp³-hybridized carbons (Fsp3) is 0.286. The Morgan fingerprint density at radius 2 is 1.52 bits per heavy atom. The molecule has 1 N–H and O–H groups in total. The molecule has 114 valence electrons. The third-order valence-electron chi connectivity index (χ3n) is 3.24. The van der Waals surface area contributed by atoms with Crippen molar-refractivity contribution in [1.82, 2.24) is 5.32 Å². The Morgan fingerprint density at radius 3 is 2.05 bits per heavy atom. The second-order valence-electron chi connectivity index (χ2n) is 4.52. The van der Waals surface area contributed by atoms with E-state index in [1.807, 2.05) is 0 Å². The highest BCUT2D eigenvalue weighted by Crippen LogP contribution is 2.46. The molecule has 0 heterocycles. The van der Waals surface area contributed by atoms with Crippen molar-refractivity contribution in [2.75, 3.05) is 7.05 Å². The summed E-state index contributed by atoms with van der Waals surface area (Å²) in [5.41, 5.74) is -0.0985. The topological polar surface area (TPSA) is 12.0 Å². The second-order valence-corrected chi connectivity index (χ2v) is 5.38. The van der Waals surface area contributed by atoms with Crippen LogP contribution in [-0.4, -0.2) is 19.1 Å². The summed E-state index contributed by atoms with van der Waals surface area (Å²) in [6, 6.07) is 7.04. The molecule has 0 spiro atoms. The monoisotopic (exact) mass is 367 g/mol. The molecule has 0 saturated carbocycles. The summed E-state index contributed by atoms with van der Waals surface area (Å²) >= 11 is 3.26. The van der Waals surface area contributed by atoms with Gasteiger partial charge in [-0.3, -0.25) is 0 Å². The van der Waals surface area contributed by atoms with Gasteiger partial charge in [0.1, 0.15) is 6.04 Å². The van der Waals surface area contributed by atoms with Gasteiger partial charge >= 0.3 is 12.1 Å².